The van der Waals surface area contributed by atoms with Crippen LogP contribution in [-0.2, 0) is 14.3 Å². The Balaban J connectivity index is 1.81. The molecule has 0 radical (unpaired) electrons. The van der Waals surface area contributed by atoms with Gasteiger partial charge in [-0.2, -0.15) is 0 Å². The fourth-order valence-corrected chi connectivity index (χ4v) is 2.37. The molecule has 3 heteroatoms. The Morgan fingerprint density at radius 3 is 2.53 bits per heavy atom. The third-order valence-electron chi connectivity index (χ3n) is 3.67. The molecule has 0 aromatic rings. The van der Waals surface area contributed by atoms with Crippen LogP contribution in [0.15, 0.2) is 11.8 Å². The second-order valence-electron chi connectivity index (χ2n) is 5.51. The van der Waals surface area contributed by atoms with Crippen LogP contribution >= 0.6 is 0 Å². The highest BCUT2D eigenvalue weighted by atomic mass is 16.6. The summed E-state index contributed by atoms with van der Waals surface area (Å²) in [4.78, 5) is 11.8. The van der Waals surface area contributed by atoms with E-state index >= 15 is 0 Å². The molecular formula is C14H22O3. The molecule has 1 unspecified atom stereocenters. The molecule has 0 amide bonds. The molecule has 1 aliphatic heterocycles. The van der Waals surface area contributed by atoms with Crippen molar-refractivity contribution in [2.24, 2.45) is 11.8 Å². The Kier molecular flexibility index (Phi) is 4.08. The lowest BCUT2D eigenvalue weighted by atomic mass is 9.89. The van der Waals surface area contributed by atoms with Gasteiger partial charge in [0.25, 0.3) is 0 Å². The minimum absolute atomic E-state index is 0.0996. The summed E-state index contributed by atoms with van der Waals surface area (Å²) in [5.74, 6) is 1.43. The second kappa shape index (κ2) is 5.56. The van der Waals surface area contributed by atoms with E-state index < -0.39 is 0 Å². The highest BCUT2D eigenvalue weighted by molar-refractivity contribution is 5.86. The standard InChI is InChI=1S/C14H22O3/c1-10-3-6-12(7-4-10)17-14(15)13-8-5-11(2)9-16-13/h8,10-12H,3-7,9H2,1-2H3. The molecule has 1 fully saturated rings. The van der Waals surface area contributed by atoms with Crippen molar-refractivity contribution in [3.8, 4) is 0 Å². The van der Waals surface area contributed by atoms with Crippen LogP contribution in [0.1, 0.15) is 46.0 Å². The summed E-state index contributed by atoms with van der Waals surface area (Å²) < 4.78 is 10.9. The van der Waals surface area contributed by atoms with Gasteiger partial charge < -0.3 is 9.47 Å². The average molecular weight is 238 g/mol. The number of ether oxygens (including phenoxy) is 2. The number of hydrogen-bond donors (Lipinski definition) is 0. The van der Waals surface area contributed by atoms with Crippen LogP contribution < -0.4 is 0 Å². The van der Waals surface area contributed by atoms with Crippen LogP contribution in [0.4, 0.5) is 0 Å². The van der Waals surface area contributed by atoms with Crippen LogP contribution in [0.3, 0.4) is 0 Å². The van der Waals surface area contributed by atoms with Crippen LogP contribution in [0.5, 0.6) is 0 Å². The SMILES string of the molecule is CC1CCC(OC(=O)C2=CCC(C)CO2)CC1. The molecule has 1 saturated carbocycles. The summed E-state index contributed by atoms with van der Waals surface area (Å²) >= 11 is 0. The Morgan fingerprint density at radius 1 is 1.24 bits per heavy atom. The van der Waals surface area contributed by atoms with Gasteiger partial charge in [-0.1, -0.05) is 13.8 Å². The molecule has 0 saturated heterocycles. The molecule has 1 aliphatic carbocycles. The van der Waals surface area contributed by atoms with E-state index in [2.05, 4.69) is 13.8 Å². The summed E-state index contributed by atoms with van der Waals surface area (Å²) in [5, 5.41) is 0. The number of carbonyl (C=O) groups is 1. The van der Waals surface area contributed by atoms with Crippen molar-refractivity contribution < 1.29 is 14.3 Å². The first-order valence-corrected chi connectivity index (χ1v) is 6.69. The van der Waals surface area contributed by atoms with E-state index in [9.17, 15) is 4.79 Å². The highest BCUT2D eigenvalue weighted by Crippen LogP contribution is 2.26. The summed E-state index contributed by atoms with van der Waals surface area (Å²) in [7, 11) is 0. The molecular weight excluding hydrogens is 216 g/mol. The third-order valence-corrected chi connectivity index (χ3v) is 3.67. The van der Waals surface area contributed by atoms with Gasteiger partial charge in [-0.25, -0.2) is 4.79 Å². The normalized spacial score (nSPS) is 33.5. The van der Waals surface area contributed by atoms with Crippen LogP contribution in [0.25, 0.3) is 0 Å². The van der Waals surface area contributed by atoms with Crippen molar-refractivity contribution >= 4 is 5.97 Å². The van der Waals surface area contributed by atoms with Gasteiger partial charge in [0.05, 0.1) is 6.61 Å². The van der Waals surface area contributed by atoms with Crippen molar-refractivity contribution in [3.05, 3.63) is 11.8 Å². The lowest BCUT2D eigenvalue weighted by molar-refractivity contribution is -0.150. The maximum absolute atomic E-state index is 11.8. The first-order valence-electron chi connectivity index (χ1n) is 6.69. The molecule has 2 aliphatic rings. The van der Waals surface area contributed by atoms with E-state index in [-0.39, 0.29) is 12.1 Å². The fraction of sp³-hybridized carbons (Fsp3) is 0.786. The fourth-order valence-electron chi connectivity index (χ4n) is 2.37. The lowest BCUT2D eigenvalue weighted by Crippen LogP contribution is -2.26. The molecule has 0 aromatic heterocycles. The van der Waals surface area contributed by atoms with Gasteiger partial charge in [-0.3, -0.25) is 0 Å². The molecule has 3 nitrogen and oxygen atoms in total. The van der Waals surface area contributed by atoms with Gasteiger partial charge in [-0.05, 0) is 50.0 Å². The molecule has 1 heterocycles. The summed E-state index contributed by atoms with van der Waals surface area (Å²) in [6.07, 6.45) is 7.19. The van der Waals surface area contributed by atoms with Crippen molar-refractivity contribution in [1.29, 1.82) is 0 Å². The minimum atomic E-state index is -0.267. The molecule has 96 valence electrons. The maximum atomic E-state index is 11.8. The van der Waals surface area contributed by atoms with E-state index in [0.29, 0.717) is 18.3 Å². The molecule has 0 spiro atoms. The van der Waals surface area contributed by atoms with Gasteiger partial charge >= 0.3 is 5.97 Å². The van der Waals surface area contributed by atoms with Crippen LogP contribution in [0, 0.1) is 11.8 Å². The monoisotopic (exact) mass is 238 g/mol. The van der Waals surface area contributed by atoms with Crippen molar-refractivity contribution in [1.82, 2.24) is 0 Å². The zero-order chi connectivity index (χ0) is 12.3. The van der Waals surface area contributed by atoms with E-state index in [0.717, 1.165) is 38.0 Å². The molecule has 1 atom stereocenters. The molecule has 0 bridgehead atoms. The number of esters is 1. The Hall–Kier alpha value is -0.990. The smallest absolute Gasteiger partial charge is 0.373 e. The minimum Gasteiger partial charge on any atom is -0.486 e. The largest absolute Gasteiger partial charge is 0.486 e. The van der Waals surface area contributed by atoms with E-state index in [4.69, 9.17) is 9.47 Å². The predicted octanol–water partition coefficient (Wildman–Crippen LogP) is 3.05. The maximum Gasteiger partial charge on any atom is 0.373 e. The van der Waals surface area contributed by atoms with Gasteiger partial charge in [-0.15, -0.1) is 0 Å². The van der Waals surface area contributed by atoms with Crippen molar-refractivity contribution in [3.63, 3.8) is 0 Å². The average Bonchev–Trinajstić information content (AvgIpc) is 2.33. The summed E-state index contributed by atoms with van der Waals surface area (Å²) in [6.45, 7) is 5.00. The Labute approximate surface area is 103 Å². The zero-order valence-electron chi connectivity index (χ0n) is 10.8. The van der Waals surface area contributed by atoms with Gasteiger partial charge in [0.1, 0.15) is 6.10 Å². The number of hydrogen-bond acceptors (Lipinski definition) is 3. The molecule has 2 rings (SSSR count). The molecule has 0 N–H and O–H groups in total. The first-order chi connectivity index (χ1) is 8.15. The number of carbonyl (C=O) groups excluding carboxylic acids is 1. The van der Waals surface area contributed by atoms with Gasteiger partial charge in [0.2, 0.25) is 5.76 Å². The lowest BCUT2D eigenvalue weighted by Gasteiger charge is -2.27. The Morgan fingerprint density at radius 2 is 1.94 bits per heavy atom. The first kappa shape index (κ1) is 12.5. The predicted molar refractivity (Wildman–Crippen MR) is 65.3 cm³/mol. The van der Waals surface area contributed by atoms with Crippen LogP contribution in [-0.4, -0.2) is 18.7 Å². The second-order valence-corrected chi connectivity index (χ2v) is 5.51. The molecule has 0 aromatic carbocycles. The Bertz CT molecular complexity index is 301. The number of allylic oxidation sites excluding steroid dienone is 1. The summed E-state index contributed by atoms with van der Waals surface area (Å²) in [5.41, 5.74) is 0. The third kappa shape index (κ3) is 3.48. The van der Waals surface area contributed by atoms with Crippen molar-refractivity contribution in [2.75, 3.05) is 6.61 Å². The van der Waals surface area contributed by atoms with Crippen molar-refractivity contribution in [2.45, 2.75) is 52.1 Å². The highest BCUT2D eigenvalue weighted by Gasteiger charge is 2.25. The molecule has 17 heavy (non-hydrogen) atoms. The van der Waals surface area contributed by atoms with E-state index in [1.807, 2.05) is 6.08 Å². The van der Waals surface area contributed by atoms with E-state index in [1.54, 1.807) is 0 Å². The quantitative estimate of drug-likeness (QED) is 0.694. The van der Waals surface area contributed by atoms with Gasteiger partial charge in [0, 0.05) is 0 Å². The van der Waals surface area contributed by atoms with Crippen LogP contribution in [0.2, 0.25) is 0 Å². The summed E-state index contributed by atoms with van der Waals surface area (Å²) in [6, 6.07) is 0. The number of rotatable bonds is 2. The van der Waals surface area contributed by atoms with Gasteiger partial charge in [0.15, 0.2) is 0 Å². The topological polar surface area (TPSA) is 35.5 Å². The zero-order valence-corrected chi connectivity index (χ0v) is 10.8. The van der Waals surface area contributed by atoms with E-state index in [1.165, 1.54) is 0 Å².